The SMILES string of the molecule is CCC(=O)C(=O)NCCCC/C=C\CCCCCCCCCS(=O)(=O)O. The van der Waals surface area contributed by atoms with Crippen molar-refractivity contribution in [3.63, 3.8) is 0 Å². The lowest BCUT2D eigenvalue weighted by molar-refractivity contribution is -0.137. The average Bonchev–Trinajstić information content (AvgIpc) is 2.59. The highest BCUT2D eigenvalue weighted by molar-refractivity contribution is 7.85. The van der Waals surface area contributed by atoms with Crippen molar-refractivity contribution in [2.45, 2.75) is 84.0 Å². The molecule has 0 aromatic carbocycles. The van der Waals surface area contributed by atoms with Crippen LogP contribution >= 0.6 is 0 Å². The summed E-state index contributed by atoms with van der Waals surface area (Å²) in [6.45, 7) is 2.24. The van der Waals surface area contributed by atoms with E-state index in [1.807, 2.05) is 0 Å². The molecule has 0 aliphatic rings. The first-order valence-electron chi connectivity index (χ1n) is 9.78. The molecule has 152 valence electrons. The van der Waals surface area contributed by atoms with Crippen LogP contribution in [0.4, 0.5) is 0 Å². The molecule has 0 rings (SSSR count). The van der Waals surface area contributed by atoms with Gasteiger partial charge in [-0.25, -0.2) is 0 Å². The van der Waals surface area contributed by atoms with Crippen LogP contribution in [0.1, 0.15) is 84.0 Å². The molecular weight excluding hydrogens is 354 g/mol. The number of amides is 1. The first-order chi connectivity index (χ1) is 12.4. The number of carbonyl (C=O) groups is 2. The van der Waals surface area contributed by atoms with Gasteiger partial charge in [0.2, 0.25) is 5.78 Å². The van der Waals surface area contributed by atoms with Gasteiger partial charge in [0, 0.05) is 13.0 Å². The zero-order valence-electron chi connectivity index (χ0n) is 16.0. The number of Topliss-reactive ketones (excluding diaryl/α,β-unsaturated/α-hetero) is 1. The molecule has 0 aromatic heterocycles. The second-order valence-corrected chi connectivity index (χ2v) is 8.12. The smallest absolute Gasteiger partial charge is 0.287 e. The number of hydrogen-bond donors (Lipinski definition) is 2. The van der Waals surface area contributed by atoms with E-state index < -0.39 is 16.0 Å². The van der Waals surface area contributed by atoms with Crippen LogP contribution < -0.4 is 5.32 Å². The van der Waals surface area contributed by atoms with E-state index in [-0.39, 0.29) is 18.0 Å². The van der Waals surface area contributed by atoms with E-state index in [1.54, 1.807) is 6.92 Å². The van der Waals surface area contributed by atoms with E-state index in [9.17, 15) is 18.0 Å². The van der Waals surface area contributed by atoms with Gasteiger partial charge in [0.25, 0.3) is 16.0 Å². The Morgan fingerprint density at radius 3 is 1.88 bits per heavy atom. The Morgan fingerprint density at radius 1 is 0.846 bits per heavy atom. The summed E-state index contributed by atoms with van der Waals surface area (Å²) in [5.41, 5.74) is 0. The van der Waals surface area contributed by atoms with Crippen LogP contribution in [0.15, 0.2) is 12.2 Å². The quantitative estimate of drug-likeness (QED) is 0.170. The maximum Gasteiger partial charge on any atom is 0.287 e. The molecule has 6 nitrogen and oxygen atoms in total. The summed E-state index contributed by atoms with van der Waals surface area (Å²) in [6, 6.07) is 0. The normalized spacial score (nSPS) is 11.8. The summed E-state index contributed by atoms with van der Waals surface area (Å²) in [5.74, 6) is -0.953. The van der Waals surface area contributed by atoms with Gasteiger partial charge in [-0.2, -0.15) is 8.42 Å². The Morgan fingerprint density at radius 2 is 1.35 bits per heavy atom. The minimum atomic E-state index is -3.79. The lowest BCUT2D eigenvalue weighted by atomic mass is 10.1. The van der Waals surface area contributed by atoms with Crippen LogP contribution in [-0.4, -0.2) is 37.0 Å². The van der Waals surface area contributed by atoms with E-state index in [2.05, 4.69) is 17.5 Å². The lowest BCUT2D eigenvalue weighted by Crippen LogP contribution is -2.31. The average molecular weight is 390 g/mol. The molecule has 0 radical (unpaired) electrons. The van der Waals surface area contributed by atoms with Crippen molar-refractivity contribution in [3.05, 3.63) is 12.2 Å². The number of allylic oxidation sites excluding steroid dienone is 2. The summed E-state index contributed by atoms with van der Waals surface area (Å²) in [6.07, 6.45) is 15.6. The Kier molecular flexibility index (Phi) is 15.3. The van der Waals surface area contributed by atoms with Crippen LogP contribution in [0.25, 0.3) is 0 Å². The zero-order chi connectivity index (χ0) is 19.7. The third-order valence-corrected chi connectivity index (χ3v) is 4.90. The second-order valence-electron chi connectivity index (χ2n) is 6.55. The maximum absolute atomic E-state index is 11.2. The molecule has 7 heteroatoms. The summed E-state index contributed by atoms with van der Waals surface area (Å²) < 4.78 is 29.7. The van der Waals surface area contributed by atoms with Crippen LogP contribution in [-0.2, 0) is 19.7 Å². The molecule has 0 aliphatic heterocycles. The van der Waals surface area contributed by atoms with Crippen molar-refractivity contribution in [1.82, 2.24) is 5.32 Å². The minimum Gasteiger partial charge on any atom is -0.350 e. The highest BCUT2D eigenvalue weighted by Crippen LogP contribution is 2.09. The second kappa shape index (κ2) is 16.0. The largest absolute Gasteiger partial charge is 0.350 e. The molecule has 26 heavy (non-hydrogen) atoms. The molecule has 0 heterocycles. The molecule has 0 unspecified atom stereocenters. The number of hydrogen-bond acceptors (Lipinski definition) is 4. The van der Waals surface area contributed by atoms with Crippen LogP contribution in [0, 0.1) is 0 Å². The molecule has 0 aliphatic carbocycles. The monoisotopic (exact) mass is 389 g/mol. The molecule has 0 fully saturated rings. The molecule has 0 bridgehead atoms. The lowest BCUT2D eigenvalue weighted by Gasteiger charge is -2.02. The summed E-state index contributed by atoms with van der Waals surface area (Å²) in [7, 11) is -3.79. The Labute approximate surface area is 158 Å². The van der Waals surface area contributed by atoms with Gasteiger partial charge >= 0.3 is 0 Å². The van der Waals surface area contributed by atoms with Crippen LogP contribution in [0.5, 0.6) is 0 Å². The van der Waals surface area contributed by atoms with Gasteiger partial charge in [-0.05, 0) is 38.5 Å². The van der Waals surface area contributed by atoms with Gasteiger partial charge in [0.05, 0.1) is 5.75 Å². The minimum absolute atomic E-state index is 0.124. The van der Waals surface area contributed by atoms with E-state index in [1.165, 1.54) is 6.42 Å². The third-order valence-electron chi connectivity index (χ3n) is 4.10. The predicted molar refractivity (Wildman–Crippen MR) is 105 cm³/mol. The van der Waals surface area contributed by atoms with Gasteiger partial charge in [-0.1, -0.05) is 51.2 Å². The molecule has 0 saturated carbocycles. The topological polar surface area (TPSA) is 101 Å². The van der Waals surface area contributed by atoms with E-state index >= 15 is 0 Å². The van der Waals surface area contributed by atoms with Gasteiger partial charge in [-0.3, -0.25) is 14.1 Å². The summed E-state index contributed by atoms with van der Waals surface area (Å²) in [5, 5.41) is 2.63. The van der Waals surface area contributed by atoms with Gasteiger partial charge in [0.15, 0.2) is 0 Å². The van der Waals surface area contributed by atoms with Crippen LogP contribution in [0.3, 0.4) is 0 Å². The summed E-state index contributed by atoms with van der Waals surface area (Å²) in [4.78, 5) is 22.3. The molecule has 0 atom stereocenters. The molecule has 0 saturated heterocycles. The van der Waals surface area contributed by atoms with Crippen molar-refractivity contribution >= 4 is 21.8 Å². The molecule has 0 aromatic rings. The van der Waals surface area contributed by atoms with Crippen molar-refractivity contribution < 1.29 is 22.6 Å². The first-order valence-corrected chi connectivity index (χ1v) is 11.4. The van der Waals surface area contributed by atoms with Gasteiger partial charge < -0.3 is 5.32 Å². The van der Waals surface area contributed by atoms with Gasteiger partial charge in [-0.15, -0.1) is 0 Å². The highest BCUT2D eigenvalue weighted by Gasteiger charge is 2.08. The van der Waals surface area contributed by atoms with E-state index in [0.29, 0.717) is 13.0 Å². The zero-order valence-corrected chi connectivity index (χ0v) is 16.9. The van der Waals surface area contributed by atoms with E-state index in [4.69, 9.17) is 4.55 Å². The number of rotatable bonds is 17. The number of carbonyl (C=O) groups excluding carboxylic acids is 2. The fourth-order valence-electron chi connectivity index (χ4n) is 2.51. The van der Waals surface area contributed by atoms with Crippen molar-refractivity contribution in [3.8, 4) is 0 Å². The molecule has 1 amide bonds. The number of ketones is 1. The first kappa shape index (κ1) is 24.8. The van der Waals surface area contributed by atoms with E-state index in [0.717, 1.165) is 57.8 Å². The fourth-order valence-corrected chi connectivity index (χ4v) is 3.08. The molecule has 0 spiro atoms. The Hall–Kier alpha value is -1.21. The maximum atomic E-state index is 11.2. The molecule has 2 N–H and O–H groups in total. The van der Waals surface area contributed by atoms with Crippen molar-refractivity contribution in [1.29, 1.82) is 0 Å². The highest BCUT2D eigenvalue weighted by atomic mass is 32.2. The summed E-state index contributed by atoms with van der Waals surface area (Å²) >= 11 is 0. The number of nitrogens with one attached hydrogen (secondary N) is 1. The standard InChI is InChI=1S/C19H35NO5S/c1-2-18(21)19(22)20-16-14-12-10-8-6-4-3-5-7-9-11-13-15-17-26(23,24)25/h6,8H,2-5,7,9-17H2,1H3,(H,20,22)(H,23,24,25)/b8-6-. The number of unbranched alkanes of at least 4 members (excludes halogenated alkanes) is 9. The Bertz CT molecular complexity index is 514. The van der Waals surface area contributed by atoms with Crippen LogP contribution in [0.2, 0.25) is 0 Å². The fraction of sp³-hybridized carbons (Fsp3) is 0.789. The van der Waals surface area contributed by atoms with Crippen molar-refractivity contribution in [2.75, 3.05) is 12.3 Å². The molecular formula is C19H35NO5S. The Balaban J connectivity index is 3.29. The van der Waals surface area contributed by atoms with Gasteiger partial charge in [0.1, 0.15) is 0 Å². The third kappa shape index (κ3) is 17.6. The predicted octanol–water partition coefficient (Wildman–Crippen LogP) is 3.82. The van der Waals surface area contributed by atoms with Crippen molar-refractivity contribution in [2.24, 2.45) is 0 Å².